The summed E-state index contributed by atoms with van der Waals surface area (Å²) >= 11 is 3.07. The smallest absolute Gasteiger partial charge is 0.135 e. The van der Waals surface area contributed by atoms with Crippen LogP contribution in [0.4, 0.5) is 5.00 Å². The number of nitrogens with zero attached hydrogens (tertiary/aromatic N) is 3. The molecule has 0 fully saturated rings. The van der Waals surface area contributed by atoms with E-state index in [0.29, 0.717) is 10.6 Å². The van der Waals surface area contributed by atoms with Crippen LogP contribution >= 0.6 is 22.7 Å². The molecular weight excluding hydrogens is 300 g/mol. The van der Waals surface area contributed by atoms with Crippen LogP contribution in [0.5, 0.6) is 0 Å². The first-order valence-corrected chi connectivity index (χ1v) is 8.26. The molecule has 1 aliphatic rings. The number of thiophene rings is 1. The van der Waals surface area contributed by atoms with Gasteiger partial charge in [-0.05, 0) is 31.7 Å². The molecule has 0 unspecified atom stereocenters. The molecule has 1 aliphatic carbocycles. The Labute approximate surface area is 131 Å². The topological polar surface area (TPSA) is 72.5 Å². The molecule has 0 amide bonds. The second kappa shape index (κ2) is 5.69. The molecule has 0 saturated carbocycles. The number of thiazole rings is 1. The van der Waals surface area contributed by atoms with Gasteiger partial charge in [0, 0.05) is 22.2 Å². The maximum absolute atomic E-state index is 9.33. The Morgan fingerprint density at radius 1 is 1.43 bits per heavy atom. The molecule has 4 nitrogen and oxygen atoms in total. The average Bonchev–Trinajstić information content (AvgIpc) is 3.15. The number of hydrogen-bond acceptors (Lipinski definition) is 6. The SMILES string of the molecule is Cc1csc(/C(C#N)=C/Nc2sc3c(c2C#N)CCC3)n1. The molecule has 0 aliphatic heterocycles. The van der Waals surface area contributed by atoms with Crippen molar-refractivity contribution < 1.29 is 0 Å². The average molecular weight is 312 g/mol. The summed E-state index contributed by atoms with van der Waals surface area (Å²) in [5, 5.41) is 25.2. The zero-order chi connectivity index (χ0) is 14.8. The van der Waals surface area contributed by atoms with Gasteiger partial charge in [0.25, 0.3) is 0 Å². The van der Waals surface area contributed by atoms with Crippen molar-refractivity contribution in [2.75, 3.05) is 5.32 Å². The van der Waals surface area contributed by atoms with E-state index in [1.807, 2.05) is 12.3 Å². The lowest BCUT2D eigenvalue weighted by Crippen LogP contribution is -1.92. The van der Waals surface area contributed by atoms with Crippen molar-refractivity contribution in [1.29, 1.82) is 10.5 Å². The molecule has 2 aromatic heterocycles. The van der Waals surface area contributed by atoms with Crippen LogP contribution in [0, 0.1) is 29.6 Å². The van der Waals surface area contributed by atoms with Gasteiger partial charge in [0.15, 0.2) is 0 Å². The Morgan fingerprint density at radius 3 is 2.95 bits per heavy atom. The van der Waals surface area contributed by atoms with Gasteiger partial charge in [-0.3, -0.25) is 0 Å². The van der Waals surface area contributed by atoms with Crippen LogP contribution in [0.2, 0.25) is 0 Å². The summed E-state index contributed by atoms with van der Waals surface area (Å²) in [7, 11) is 0. The lowest BCUT2D eigenvalue weighted by molar-refractivity contribution is 0.913. The van der Waals surface area contributed by atoms with E-state index in [4.69, 9.17) is 0 Å². The first-order valence-electron chi connectivity index (χ1n) is 6.57. The third-order valence-electron chi connectivity index (χ3n) is 3.35. The number of allylic oxidation sites excluding steroid dienone is 1. The number of nitriles is 2. The van der Waals surface area contributed by atoms with Crippen LogP contribution in [0.1, 0.15) is 33.1 Å². The second-order valence-electron chi connectivity index (χ2n) is 4.78. The lowest BCUT2D eigenvalue weighted by Gasteiger charge is -1.99. The van der Waals surface area contributed by atoms with Crippen molar-refractivity contribution in [2.24, 2.45) is 0 Å². The van der Waals surface area contributed by atoms with Crippen molar-refractivity contribution in [3.8, 4) is 12.1 Å². The lowest BCUT2D eigenvalue weighted by atomic mass is 10.1. The molecule has 21 heavy (non-hydrogen) atoms. The van der Waals surface area contributed by atoms with Gasteiger partial charge in [-0.1, -0.05) is 0 Å². The number of fused-ring (bicyclic) bond motifs is 1. The van der Waals surface area contributed by atoms with Crippen LogP contribution in [-0.4, -0.2) is 4.98 Å². The molecule has 3 rings (SSSR count). The Bertz CT molecular complexity index is 799. The summed E-state index contributed by atoms with van der Waals surface area (Å²) in [5.74, 6) is 0. The van der Waals surface area contributed by atoms with E-state index in [9.17, 15) is 10.5 Å². The Hall–Kier alpha value is -2.15. The standard InChI is InChI=1S/C15H12N4S2/c1-9-8-20-14(19-9)10(5-16)7-18-15-12(6-17)11-3-2-4-13(11)21-15/h7-8,18H,2-4H2,1H3/b10-7+. The van der Waals surface area contributed by atoms with E-state index in [1.165, 1.54) is 21.8 Å². The summed E-state index contributed by atoms with van der Waals surface area (Å²) in [4.78, 5) is 5.61. The molecule has 0 aromatic carbocycles. The number of rotatable bonds is 3. The Morgan fingerprint density at radius 2 is 2.29 bits per heavy atom. The fourth-order valence-electron chi connectivity index (χ4n) is 2.38. The molecule has 0 spiro atoms. The van der Waals surface area contributed by atoms with Crippen LogP contribution in [-0.2, 0) is 12.8 Å². The van der Waals surface area contributed by atoms with Gasteiger partial charge >= 0.3 is 0 Å². The molecule has 0 bridgehead atoms. The molecular formula is C15H12N4S2. The fraction of sp³-hybridized carbons (Fsp3) is 0.267. The Balaban J connectivity index is 1.89. The molecule has 6 heteroatoms. The summed E-state index contributed by atoms with van der Waals surface area (Å²) in [5.41, 5.74) is 3.31. The van der Waals surface area contributed by atoms with Gasteiger partial charge in [0.1, 0.15) is 27.7 Å². The number of aryl methyl sites for hydroxylation is 2. The number of anilines is 1. The molecule has 2 aromatic rings. The largest absolute Gasteiger partial charge is 0.351 e. The highest BCUT2D eigenvalue weighted by Crippen LogP contribution is 2.38. The summed E-state index contributed by atoms with van der Waals surface area (Å²) < 4.78 is 0. The Kier molecular flexibility index (Phi) is 3.74. The number of hydrogen-bond donors (Lipinski definition) is 1. The van der Waals surface area contributed by atoms with Crippen molar-refractivity contribution in [1.82, 2.24) is 4.98 Å². The van der Waals surface area contributed by atoms with E-state index in [-0.39, 0.29) is 0 Å². The number of aromatic nitrogens is 1. The van der Waals surface area contributed by atoms with Gasteiger partial charge in [-0.25, -0.2) is 4.98 Å². The zero-order valence-electron chi connectivity index (χ0n) is 11.4. The summed E-state index contributed by atoms with van der Waals surface area (Å²) in [6.07, 6.45) is 4.82. The highest BCUT2D eigenvalue weighted by Gasteiger charge is 2.21. The minimum atomic E-state index is 0.491. The third-order valence-corrected chi connectivity index (χ3v) is 5.57. The normalized spacial score (nSPS) is 13.6. The van der Waals surface area contributed by atoms with E-state index in [0.717, 1.165) is 35.5 Å². The highest BCUT2D eigenvalue weighted by molar-refractivity contribution is 7.16. The van der Waals surface area contributed by atoms with E-state index in [1.54, 1.807) is 17.5 Å². The fourth-order valence-corrected chi connectivity index (χ4v) is 4.35. The van der Waals surface area contributed by atoms with Crippen molar-refractivity contribution >= 4 is 33.2 Å². The van der Waals surface area contributed by atoms with Crippen molar-refractivity contribution in [3.63, 3.8) is 0 Å². The van der Waals surface area contributed by atoms with Crippen molar-refractivity contribution in [3.05, 3.63) is 38.3 Å². The molecule has 1 N–H and O–H groups in total. The van der Waals surface area contributed by atoms with Gasteiger partial charge in [0.2, 0.25) is 0 Å². The molecule has 104 valence electrons. The molecule has 2 heterocycles. The third kappa shape index (κ3) is 2.56. The van der Waals surface area contributed by atoms with Crippen LogP contribution in [0.15, 0.2) is 11.6 Å². The van der Waals surface area contributed by atoms with Gasteiger partial charge in [-0.15, -0.1) is 22.7 Å². The van der Waals surface area contributed by atoms with Crippen molar-refractivity contribution in [2.45, 2.75) is 26.2 Å². The quantitative estimate of drug-likeness (QED) is 0.874. The second-order valence-corrected chi connectivity index (χ2v) is 6.74. The molecule has 0 atom stereocenters. The van der Waals surface area contributed by atoms with Crippen LogP contribution in [0.25, 0.3) is 5.57 Å². The predicted molar refractivity (Wildman–Crippen MR) is 85.1 cm³/mol. The maximum Gasteiger partial charge on any atom is 0.135 e. The van der Waals surface area contributed by atoms with Gasteiger partial charge in [-0.2, -0.15) is 10.5 Å². The summed E-state index contributed by atoms with van der Waals surface area (Å²) in [6, 6.07) is 4.44. The first-order chi connectivity index (χ1) is 10.2. The zero-order valence-corrected chi connectivity index (χ0v) is 13.1. The van der Waals surface area contributed by atoms with Gasteiger partial charge in [0.05, 0.1) is 5.56 Å². The molecule has 0 saturated heterocycles. The van der Waals surface area contributed by atoms with Crippen LogP contribution < -0.4 is 5.32 Å². The summed E-state index contributed by atoms with van der Waals surface area (Å²) in [6.45, 7) is 1.90. The van der Waals surface area contributed by atoms with E-state index < -0.39 is 0 Å². The minimum absolute atomic E-state index is 0.491. The van der Waals surface area contributed by atoms with Crippen LogP contribution in [0.3, 0.4) is 0 Å². The monoisotopic (exact) mass is 312 g/mol. The van der Waals surface area contributed by atoms with E-state index in [2.05, 4.69) is 22.4 Å². The van der Waals surface area contributed by atoms with Gasteiger partial charge < -0.3 is 5.32 Å². The first kappa shape index (κ1) is 13.8. The minimum Gasteiger partial charge on any atom is -0.351 e. The predicted octanol–water partition coefficient (Wildman–Crippen LogP) is 3.85. The van der Waals surface area contributed by atoms with E-state index >= 15 is 0 Å². The number of nitrogens with one attached hydrogen (secondary N) is 1. The highest BCUT2D eigenvalue weighted by atomic mass is 32.1. The molecule has 0 radical (unpaired) electrons. The maximum atomic E-state index is 9.33.